The monoisotopic (exact) mass is 218 g/mol. The smallest absolute Gasteiger partial charge is 0.141 e. The van der Waals surface area contributed by atoms with Gasteiger partial charge in [-0.25, -0.2) is 0 Å². The fraction of sp³-hybridized carbons (Fsp3) is 0.500. The minimum Gasteiger partial charge on any atom is -0.382 e. The molecule has 1 aromatic rings. The van der Waals surface area contributed by atoms with Gasteiger partial charge in [-0.3, -0.25) is 10.4 Å². The molecule has 0 atom stereocenters. The van der Waals surface area contributed by atoms with Crippen molar-refractivity contribution in [3.8, 4) is 0 Å². The Balaban J connectivity index is 1.96. The van der Waals surface area contributed by atoms with E-state index in [1.807, 2.05) is 12.1 Å². The third-order valence-corrected chi connectivity index (χ3v) is 2.82. The summed E-state index contributed by atoms with van der Waals surface area (Å²) in [5.41, 5.74) is 7.15. The molecule has 1 saturated carbocycles. The molecule has 3 N–H and O–H groups in total. The van der Waals surface area contributed by atoms with Crippen LogP contribution in [0.1, 0.15) is 24.1 Å². The van der Waals surface area contributed by atoms with Crippen molar-refractivity contribution in [1.82, 2.24) is 9.88 Å². The molecule has 1 aliphatic rings. The summed E-state index contributed by atoms with van der Waals surface area (Å²) in [5.74, 6) is 0.936. The Kier molecular flexibility index (Phi) is 3.19. The SMILES string of the molecule is CN(Cc1ccnc(C(=N)N)c1)CC1CC1. The van der Waals surface area contributed by atoms with Crippen LogP contribution in [-0.4, -0.2) is 29.3 Å². The van der Waals surface area contributed by atoms with E-state index in [9.17, 15) is 0 Å². The zero-order chi connectivity index (χ0) is 11.5. The van der Waals surface area contributed by atoms with Crippen LogP contribution in [0.15, 0.2) is 18.3 Å². The van der Waals surface area contributed by atoms with Crippen molar-refractivity contribution < 1.29 is 0 Å². The molecule has 16 heavy (non-hydrogen) atoms. The third-order valence-electron chi connectivity index (χ3n) is 2.82. The van der Waals surface area contributed by atoms with E-state index in [0.717, 1.165) is 19.0 Å². The van der Waals surface area contributed by atoms with Crippen LogP contribution in [0, 0.1) is 11.3 Å². The van der Waals surface area contributed by atoms with Gasteiger partial charge in [-0.05, 0) is 43.5 Å². The molecule has 0 radical (unpaired) electrons. The van der Waals surface area contributed by atoms with Gasteiger partial charge < -0.3 is 10.6 Å². The minimum atomic E-state index is 0.0340. The molecule has 0 bridgehead atoms. The van der Waals surface area contributed by atoms with Crippen molar-refractivity contribution in [2.45, 2.75) is 19.4 Å². The van der Waals surface area contributed by atoms with Gasteiger partial charge in [-0.2, -0.15) is 0 Å². The molecule has 1 aromatic heterocycles. The molecule has 0 saturated heterocycles. The lowest BCUT2D eigenvalue weighted by Crippen LogP contribution is -2.21. The number of hydrogen-bond acceptors (Lipinski definition) is 3. The van der Waals surface area contributed by atoms with E-state index in [-0.39, 0.29) is 5.84 Å². The highest BCUT2D eigenvalue weighted by atomic mass is 15.1. The normalized spacial score (nSPS) is 15.4. The van der Waals surface area contributed by atoms with Crippen LogP contribution in [0.5, 0.6) is 0 Å². The van der Waals surface area contributed by atoms with E-state index in [1.54, 1.807) is 6.20 Å². The van der Waals surface area contributed by atoms with Crippen LogP contribution in [0.25, 0.3) is 0 Å². The molecule has 0 amide bonds. The molecule has 0 aromatic carbocycles. The summed E-state index contributed by atoms with van der Waals surface area (Å²) in [7, 11) is 2.13. The average molecular weight is 218 g/mol. The average Bonchev–Trinajstić information content (AvgIpc) is 3.01. The van der Waals surface area contributed by atoms with Gasteiger partial charge in [-0.1, -0.05) is 0 Å². The number of rotatable bonds is 5. The largest absolute Gasteiger partial charge is 0.382 e. The summed E-state index contributed by atoms with van der Waals surface area (Å²) < 4.78 is 0. The van der Waals surface area contributed by atoms with Gasteiger partial charge in [0, 0.05) is 19.3 Å². The number of aromatic nitrogens is 1. The second-order valence-corrected chi connectivity index (χ2v) is 4.60. The first-order valence-corrected chi connectivity index (χ1v) is 5.63. The van der Waals surface area contributed by atoms with Gasteiger partial charge in [0.2, 0.25) is 0 Å². The number of nitrogens with two attached hydrogens (primary N) is 1. The topological polar surface area (TPSA) is 66.0 Å². The molecule has 0 spiro atoms. The molecule has 1 heterocycles. The van der Waals surface area contributed by atoms with E-state index in [4.69, 9.17) is 11.1 Å². The lowest BCUT2D eigenvalue weighted by atomic mass is 10.2. The molecule has 86 valence electrons. The van der Waals surface area contributed by atoms with Crippen molar-refractivity contribution in [3.63, 3.8) is 0 Å². The first kappa shape index (κ1) is 11.1. The summed E-state index contributed by atoms with van der Waals surface area (Å²) in [5, 5.41) is 7.34. The lowest BCUT2D eigenvalue weighted by molar-refractivity contribution is 0.313. The molecule has 2 rings (SSSR count). The number of hydrogen-bond donors (Lipinski definition) is 2. The zero-order valence-electron chi connectivity index (χ0n) is 9.61. The first-order valence-electron chi connectivity index (χ1n) is 5.63. The van der Waals surface area contributed by atoms with Crippen LogP contribution in [-0.2, 0) is 6.54 Å². The third kappa shape index (κ3) is 3.03. The van der Waals surface area contributed by atoms with Gasteiger partial charge in [-0.15, -0.1) is 0 Å². The zero-order valence-corrected chi connectivity index (χ0v) is 9.61. The lowest BCUT2D eigenvalue weighted by Gasteiger charge is -2.16. The predicted molar refractivity (Wildman–Crippen MR) is 64.3 cm³/mol. The van der Waals surface area contributed by atoms with Gasteiger partial charge in [0.1, 0.15) is 11.5 Å². The molecular formula is C12H18N4. The van der Waals surface area contributed by atoms with Crippen molar-refractivity contribution in [3.05, 3.63) is 29.6 Å². The molecule has 1 fully saturated rings. The Morgan fingerprint density at radius 1 is 1.62 bits per heavy atom. The van der Waals surface area contributed by atoms with E-state index in [0.29, 0.717) is 5.69 Å². The fourth-order valence-electron chi connectivity index (χ4n) is 1.84. The second kappa shape index (κ2) is 4.61. The Bertz CT molecular complexity index is 384. The van der Waals surface area contributed by atoms with Gasteiger partial charge >= 0.3 is 0 Å². The Labute approximate surface area is 96.0 Å². The van der Waals surface area contributed by atoms with Gasteiger partial charge in [0.15, 0.2) is 0 Å². The summed E-state index contributed by atoms with van der Waals surface area (Å²) in [4.78, 5) is 6.37. The highest BCUT2D eigenvalue weighted by Gasteiger charge is 2.22. The molecule has 0 unspecified atom stereocenters. The van der Waals surface area contributed by atoms with Crippen LogP contribution >= 0.6 is 0 Å². The highest BCUT2D eigenvalue weighted by molar-refractivity contribution is 5.93. The highest BCUT2D eigenvalue weighted by Crippen LogP contribution is 2.29. The van der Waals surface area contributed by atoms with Crippen LogP contribution < -0.4 is 5.73 Å². The van der Waals surface area contributed by atoms with E-state index >= 15 is 0 Å². The Morgan fingerprint density at radius 3 is 3.00 bits per heavy atom. The Morgan fingerprint density at radius 2 is 2.38 bits per heavy atom. The predicted octanol–water partition coefficient (Wildman–Crippen LogP) is 1.21. The second-order valence-electron chi connectivity index (χ2n) is 4.60. The van der Waals surface area contributed by atoms with Gasteiger partial charge in [0.05, 0.1) is 0 Å². The fourth-order valence-corrected chi connectivity index (χ4v) is 1.84. The van der Waals surface area contributed by atoms with Crippen LogP contribution in [0.4, 0.5) is 0 Å². The van der Waals surface area contributed by atoms with Crippen molar-refractivity contribution >= 4 is 5.84 Å². The molecule has 0 aliphatic heterocycles. The summed E-state index contributed by atoms with van der Waals surface area (Å²) >= 11 is 0. The molecular weight excluding hydrogens is 200 g/mol. The number of nitrogens with zero attached hydrogens (tertiary/aromatic N) is 2. The first-order chi connectivity index (χ1) is 7.65. The van der Waals surface area contributed by atoms with E-state index in [2.05, 4.69) is 16.9 Å². The van der Waals surface area contributed by atoms with Crippen LogP contribution in [0.3, 0.4) is 0 Å². The number of nitrogen functional groups attached to an aromatic ring is 1. The van der Waals surface area contributed by atoms with E-state index < -0.39 is 0 Å². The minimum absolute atomic E-state index is 0.0340. The van der Waals surface area contributed by atoms with Gasteiger partial charge in [0.25, 0.3) is 0 Å². The Hall–Kier alpha value is -1.42. The van der Waals surface area contributed by atoms with Crippen LogP contribution in [0.2, 0.25) is 0 Å². The standard InChI is InChI=1S/C12H18N4/c1-16(7-9-2-3-9)8-10-4-5-15-11(6-10)12(13)14/h4-6,9H,2-3,7-8H2,1H3,(H3,13,14). The number of nitrogens with one attached hydrogen (secondary N) is 1. The van der Waals surface area contributed by atoms with Crippen molar-refractivity contribution in [2.75, 3.05) is 13.6 Å². The molecule has 1 aliphatic carbocycles. The number of amidine groups is 1. The number of pyridine rings is 1. The van der Waals surface area contributed by atoms with Crippen molar-refractivity contribution in [1.29, 1.82) is 5.41 Å². The quantitative estimate of drug-likeness (QED) is 0.576. The van der Waals surface area contributed by atoms with Crippen molar-refractivity contribution in [2.24, 2.45) is 11.7 Å². The summed E-state index contributed by atoms with van der Waals surface area (Å²) in [6, 6.07) is 3.88. The summed E-state index contributed by atoms with van der Waals surface area (Å²) in [6.45, 7) is 2.07. The maximum absolute atomic E-state index is 7.34. The summed E-state index contributed by atoms with van der Waals surface area (Å²) in [6.07, 6.45) is 4.47. The molecule has 4 heteroatoms. The molecule has 4 nitrogen and oxygen atoms in total. The van der Waals surface area contributed by atoms with E-state index in [1.165, 1.54) is 18.4 Å². The maximum atomic E-state index is 7.34. The maximum Gasteiger partial charge on any atom is 0.141 e.